The number of phenols is 2. The summed E-state index contributed by atoms with van der Waals surface area (Å²) in [5.41, 5.74) is 2.84. The van der Waals surface area contributed by atoms with Crippen molar-refractivity contribution in [1.29, 1.82) is 0 Å². The van der Waals surface area contributed by atoms with Gasteiger partial charge in [-0.2, -0.15) is 8.42 Å². The van der Waals surface area contributed by atoms with Crippen LogP contribution in [-0.2, 0) is 10.1 Å². The molecule has 314 valence electrons. The van der Waals surface area contributed by atoms with Crippen molar-refractivity contribution in [3.8, 4) is 22.6 Å². The minimum atomic E-state index is -4.58. The Balaban J connectivity index is 1.22. The summed E-state index contributed by atoms with van der Waals surface area (Å²) in [5, 5.41) is 34.4. The number of nitrogens with one attached hydrogen (secondary N) is 1. The molecule has 59 heavy (non-hydrogen) atoms. The number of benzene rings is 5. The van der Waals surface area contributed by atoms with Gasteiger partial charge in [0, 0.05) is 24.4 Å². The number of nitrogens with zero attached hydrogens (tertiary/aromatic N) is 3. The Hall–Kier alpha value is -5.26. The topological polar surface area (TPSA) is 152 Å². The number of anilines is 2. The average Bonchev–Trinajstić information content (AvgIpc) is 3.23. The lowest BCUT2D eigenvalue weighted by Crippen LogP contribution is -2.22. The molecule has 0 unspecified atom stereocenters. The molecular weight excluding hydrogens is 761 g/mol. The van der Waals surface area contributed by atoms with Crippen LogP contribution in [0, 0.1) is 0 Å². The van der Waals surface area contributed by atoms with Crippen molar-refractivity contribution in [2.45, 2.75) is 115 Å². The molecule has 0 radical (unpaired) electrons. The Morgan fingerprint density at radius 3 is 1.80 bits per heavy atom. The van der Waals surface area contributed by atoms with E-state index in [1.807, 2.05) is 42.3 Å². The molecule has 5 aromatic rings. The summed E-state index contributed by atoms with van der Waals surface area (Å²) >= 11 is 0. The van der Waals surface area contributed by atoms with E-state index in [-0.39, 0.29) is 39.0 Å². The molecule has 0 saturated carbocycles. The van der Waals surface area contributed by atoms with Crippen LogP contribution in [0.5, 0.6) is 11.5 Å². The molecule has 0 aromatic heterocycles. The van der Waals surface area contributed by atoms with Crippen molar-refractivity contribution >= 4 is 49.5 Å². The van der Waals surface area contributed by atoms with Crippen LogP contribution >= 0.6 is 0 Å². The van der Waals surface area contributed by atoms with Crippen LogP contribution in [-0.4, -0.2) is 42.7 Å². The lowest BCUT2D eigenvalue weighted by Gasteiger charge is -2.23. The lowest BCUT2D eigenvalue weighted by molar-refractivity contribution is 0.102. The van der Waals surface area contributed by atoms with Crippen molar-refractivity contribution in [2.75, 3.05) is 23.8 Å². The van der Waals surface area contributed by atoms with Crippen LogP contribution in [0.25, 0.3) is 21.9 Å². The van der Waals surface area contributed by atoms with Gasteiger partial charge in [-0.25, -0.2) is 0 Å². The van der Waals surface area contributed by atoms with Crippen molar-refractivity contribution in [3.05, 3.63) is 103 Å². The van der Waals surface area contributed by atoms with E-state index in [9.17, 15) is 28.0 Å². The number of carbonyl (C=O) groups excluding carboxylic acids is 1. The molecule has 0 bridgehead atoms. The van der Waals surface area contributed by atoms with E-state index in [1.54, 1.807) is 48.5 Å². The van der Waals surface area contributed by atoms with Gasteiger partial charge >= 0.3 is 0 Å². The summed E-state index contributed by atoms with van der Waals surface area (Å²) in [5.74, 6) is -1.09. The van der Waals surface area contributed by atoms with Gasteiger partial charge in [-0.15, -0.1) is 10.2 Å². The van der Waals surface area contributed by atoms with Gasteiger partial charge in [-0.05, 0) is 53.9 Å². The first kappa shape index (κ1) is 44.8. The summed E-state index contributed by atoms with van der Waals surface area (Å²) in [6.07, 6.45) is 20.4. The molecule has 1 amide bonds. The highest BCUT2D eigenvalue weighted by molar-refractivity contribution is 7.85. The maximum absolute atomic E-state index is 14.0. The third kappa shape index (κ3) is 13.4. The summed E-state index contributed by atoms with van der Waals surface area (Å²) < 4.78 is 34.2. The Kier molecular flexibility index (Phi) is 17.3. The maximum Gasteiger partial charge on any atom is 0.294 e. The quantitative estimate of drug-likeness (QED) is 0.0275. The molecule has 0 spiro atoms. The minimum Gasteiger partial charge on any atom is -0.506 e. The fraction of sp³-hybridized carbons (Fsp3) is 0.396. The number of fused-ring (bicyclic) bond motifs is 1. The zero-order valence-electron chi connectivity index (χ0n) is 34.6. The summed E-state index contributed by atoms with van der Waals surface area (Å²) in [4.78, 5) is 15.6. The highest BCUT2D eigenvalue weighted by atomic mass is 32.2. The van der Waals surface area contributed by atoms with E-state index in [1.165, 1.54) is 102 Å². The number of rotatable bonds is 24. The molecule has 5 rings (SSSR count). The highest BCUT2D eigenvalue weighted by Gasteiger charge is 2.21. The van der Waals surface area contributed by atoms with E-state index >= 15 is 0 Å². The molecular formula is C48H60N4O6S. The molecule has 0 heterocycles. The molecule has 0 aliphatic carbocycles. The number of carbonyl (C=O) groups is 1. The zero-order valence-corrected chi connectivity index (χ0v) is 35.4. The van der Waals surface area contributed by atoms with Crippen molar-refractivity contribution < 1.29 is 28.0 Å². The van der Waals surface area contributed by atoms with Gasteiger partial charge in [-0.1, -0.05) is 164 Å². The van der Waals surface area contributed by atoms with Crippen molar-refractivity contribution in [2.24, 2.45) is 10.2 Å². The fourth-order valence-corrected chi connectivity index (χ4v) is 7.94. The second-order valence-electron chi connectivity index (χ2n) is 15.4. The van der Waals surface area contributed by atoms with Gasteiger partial charge in [0.05, 0.1) is 27.5 Å². The van der Waals surface area contributed by atoms with Crippen LogP contribution in [0.15, 0.2) is 112 Å². The molecule has 0 fully saturated rings. The molecule has 10 nitrogen and oxygen atoms in total. The summed E-state index contributed by atoms with van der Waals surface area (Å²) in [7, 11) is -2.71. The Morgan fingerprint density at radius 2 is 1.19 bits per heavy atom. The summed E-state index contributed by atoms with van der Waals surface area (Å²) in [6, 6.07) is 27.1. The van der Waals surface area contributed by atoms with E-state index in [4.69, 9.17) is 0 Å². The molecule has 4 N–H and O–H groups in total. The third-order valence-electron chi connectivity index (χ3n) is 10.9. The third-order valence-corrected chi connectivity index (χ3v) is 11.7. The largest absolute Gasteiger partial charge is 0.506 e. The average molecular weight is 821 g/mol. The number of hydrogen-bond acceptors (Lipinski definition) is 8. The van der Waals surface area contributed by atoms with Gasteiger partial charge in [0.1, 0.15) is 17.2 Å². The Bertz CT molecular complexity index is 2260. The molecule has 11 heteroatoms. The van der Waals surface area contributed by atoms with Crippen LogP contribution in [0.1, 0.15) is 120 Å². The number of phenolic OH excluding ortho intramolecular Hbond substituents is 2. The van der Waals surface area contributed by atoms with E-state index in [0.717, 1.165) is 30.4 Å². The molecule has 0 atom stereocenters. The monoisotopic (exact) mass is 820 g/mol. The van der Waals surface area contributed by atoms with Gasteiger partial charge in [0.15, 0.2) is 0 Å². The summed E-state index contributed by atoms with van der Waals surface area (Å²) in [6.45, 7) is 2.92. The van der Waals surface area contributed by atoms with E-state index in [2.05, 4.69) is 22.5 Å². The van der Waals surface area contributed by atoms with Gasteiger partial charge < -0.3 is 20.4 Å². The van der Waals surface area contributed by atoms with Crippen molar-refractivity contribution in [3.63, 3.8) is 0 Å². The Morgan fingerprint density at radius 1 is 0.627 bits per heavy atom. The molecule has 0 aliphatic heterocycles. The van der Waals surface area contributed by atoms with Gasteiger partial charge in [-0.3, -0.25) is 9.35 Å². The minimum absolute atomic E-state index is 0.0792. The number of unbranched alkanes of at least 4 members (excludes halogenated alkanes) is 15. The standard InChI is InChI=1S/C48H60N4O6S/c1-3-4-5-6-7-8-9-10-11-12-13-14-15-16-17-23-32-52(2)45-30-29-38(59(56,57)58)34-43(45)49-48(55)41-35-42(39-26-21-22-27-40(39)47(41)54)50-51-44-33-37(28-31-46(44)53)36-24-19-18-20-25-36/h18-22,24-31,33-35,53-54H,3-17,23,32H2,1-2H3,(H,49,55)(H,56,57,58)/b51-50+. The SMILES string of the molecule is CCCCCCCCCCCCCCCCCCN(C)c1ccc(S(=O)(=O)O)cc1NC(=O)c1cc(/N=N/c2cc(-c3ccccc3)ccc2O)c2ccccc2c1O. The first-order valence-corrected chi connectivity index (χ1v) is 22.7. The fourth-order valence-electron chi connectivity index (χ4n) is 7.43. The molecule has 0 aliphatic rings. The van der Waals surface area contributed by atoms with Crippen LogP contribution in [0.2, 0.25) is 0 Å². The van der Waals surface area contributed by atoms with Crippen LogP contribution in [0.4, 0.5) is 22.7 Å². The maximum atomic E-state index is 14.0. The number of amides is 1. The lowest BCUT2D eigenvalue weighted by atomic mass is 10.0. The zero-order chi connectivity index (χ0) is 42.0. The van der Waals surface area contributed by atoms with Gasteiger partial charge in [0.25, 0.3) is 16.0 Å². The Labute approximate surface area is 350 Å². The smallest absolute Gasteiger partial charge is 0.294 e. The van der Waals surface area contributed by atoms with Crippen LogP contribution in [0.3, 0.4) is 0 Å². The first-order chi connectivity index (χ1) is 28.6. The second-order valence-corrected chi connectivity index (χ2v) is 16.9. The molecule has 0 saturated heterocycles. The number of hydrogen-bond donors (Lipinski definition) is 4. The highest BCUT2D eigenvalue weighted by Crippen LogP contribution is 2.39. The predicted octanol–water partition coefficient (Wildman–Crippen LogP) is 13.5. The normalized spacial score (nSPS) is 11.7. The predicted molar refractivity (Wildman–Crippen MR) is 240 cm³/mol. The van der Waals surface area contributed by atoms with Crippen molar-refractivity contribution in [1.82, 2.24) is 0 Å². The first-order valence-electron chi connectivity index (χ1n) is 21.3. The molecule has 5 aromatic carbocycles. The van der Waals surface area contributed by atoms with Gasteiger partial charge in [0.2, 0.25) is 0 Å². The van der Waals surface area contributed by atoms with E-state index in [0.29, 0.717) is 23.0 Å². The second kappa shape index (κ2) is 22.8. The van der Waals surface area contributed by atoms with Crippen LogP contribution < -0.4 is 10.2 Å². The number of aromatic hydroxyl groups is 2. The number of azo groups is 1. The van der Waals surface area contributed by atoms with E-state index < -0.39 is 16.0 Å².